The smallest absolute Gasteiger partial charge is 0.293 e. The third-order valence-electron chi connectivity index (χ3n) is 4.80. The average molecular weight is 513 g/mol. The second-order valence-electron chi connectivity index (χ2n) is 7.29. The zero-order chi connectivity index (χ0) is 24.1. The number of halogens is 2. The van der Waals surface area contributed by atoms with Crippen molar-refractivity contribution in [1.29, 1.82) is 0 Å². The highest BCUT2D eigenvalue weighted by Gasteiger charge is 2.35. The Bertz CT molecular complexity index is 1260. The predicted molar refractivity (Wildman–Crippen MR) is 135 cm³/mol. The first-order chi connectivity index (χ1) is 16.4. The van der Waals surface area contributed by atoms with Crippen LogP contribution in [0.25, 0.3) is 6.08 Å². The monoisotopic (exact) mass is 512 g/mol. The maximum Gasteiger partial charge on any atom is 0.293 e. The van der Waals surface area contributed by atoms with E-state index in [-0.39, 0.29) is 35.2 Å². The Hall–Kier alpha value is -3.26. The van der Waals surface area contributed by atoms with Crippen molar-refractivity contribution in [3.05, 3.63) is 98.9 Å². The lowest BCUT2D eigenvalue weighted by atomic mass is 10.2. The topological polar surface area (TPSA) is 75.7 Å². The highest BCUT2D eigenvalue weighted by atomic mass is 35.5. The zero-order valence-corrected chi connectivity index (χ0v) is 20.0. The molecule has 1 aliphatic rings. The zero-order valence-electron chi connectivity index (χ0n) is 17.7. The van der Waals surface area contributed by atoms with E-state index in [0.29, 0.717) is 26.9 Å². The summed E-state index contributed by atoms with van der Waals surface area (Å²) in [7, 11) is 0. The summed E-state index contributed by atoms with van der Waals surface area (Å²) in [5.74, 6) is -0.363. The van der Waals surface area contributed by atoms with Crippen molar-refractivity contribution < 1.29 is 19.1 Å². The van der Waals surface area contributed by atoms with E-state index in [4.69, 9.17) is 27.9 Å². The van der Waals surface area contributed by atoms with Gasteiger partial charge in [-0.3, -0.25) is 19.3 Å². The number of rotatable bonds is 7. The summed E-state index contributed by atoms with van der Waals surface area (Å²) in [6.07, 6.45) is 1.60. The van der Waals surface area contributed by atoms with Crippen LogP contribution in [0.4, 0.5) is 10.5 Å². The third kappa shape index (κ3) is 5.99. The number of carbonyl (C=O) groups is 3. The molecule has 3 aromatic carbocycles. The Morgan fingerprint density at radius 3 is 2.44 bits per heavy atom. The van der Waals surface area contributed by atoms with Crippen molar-refractivity contribution in [2.75, 3.05) is 11.9 Å². The Kier molecular flexibility index (Phi) is 7.57. The molecule has 0 aliphatic carbocycles. The quantitative estimate of drug-likeness (QED) is 0.378. The molecule has 0 spiro atoms. The van der Waals surface area contributed by atoms with Gasteiger partial charge in [-0.2, -0.15) is 0 Å². The highest BCUT2D eigenvalue weighted by Crippen LogP contribution is 2.34. The van der Waals surface area contributed by atoms with E-state index in [1.165, 1.54) is 4.90 Å². The summed E-state index contributed by atoms with van der Waals surface area (Å²) in [6, 6.07) is 20.9. The van der Waals surface area contributed by atoms with Crippen molar-refractivity contribution in [2.45, 2.75) is 6.54 Å². The van der Waals surface area contributed by atoms with Gasteiger partial charge in [-0.25, -0.2) is 0 Å². The van der Waals surface area contributed by atoms with E-state index in [9.17, 15) is 14.4 Å². The normalized spacial score (nSPS) is 14.5. The lowest BCUT2D eigenvalue weighted by Crippen LogP contribution is -2.27. The molecule has 3 aromatic rings. The summed E-state index contributed by atoms with van der Waals surface area (Å²) < 4.78 is 5.52. The first kappa shape index (κ1) is 23.9. The standard InChI is InChI=1S/C25H18Cl2N2O4S/c26-18-9-6-16(7-10-18)14-29-24(31)22(34-25(29)32)13-17-8-11-21(20(27)12-17)33-15-23(30)28-19-4-2-1-3-5-19/h1-13H,14-15H2,(H,28,30)/b22-13-. The molecule has 4 rings (SSSR count). The van der Waals surface area contributed by atoms with Gasteiger partial charge in [0.2, 0.25) is 0 Å². The number of anilines is 1. The lowest BCUT2D eigenvalue weighted by Gasteiger charge is -2.12. The minimum absolute atomic E-state index is 0.164. The molecule has 6 nitrogen and oxygen atoms in total. The van der Waals surface area contributed by atoms with Gasteiger partial charge in [0, 0.05) is 10.7 Å². The van der Waals surface area contributed by atoms with Crippen LogP contribution in [0.2, 0.25) is 10.0 Å². The van der Waals surface area contributed by atoms with Crippen LogP contribution >= 0.6 is 35.0 Å². The molecule has 3 amide bonds. The molecule has 0 unspecified atom stereocenters. The van der Waals surface area contributed by atoms with Gasteiger partial charge in [0.1, 0.15) is 5.75 Å². The summed E-state index contributed by atoms with van der Waals surface area (Å²) in [4.78, 5) is 38.7. The van der Waals surface area contributed by atoms with Crippen LogP contribution in [0.3, 0.4) is 0 Å². The van der Waals surface area contributed by atoms with Gasteiger partial charge in [-0.15, -0.1) is 0 Å². The van der Waals surface area contributed by atoms with Gasteiger partial charge < -0.3 is 10.1 Å². The van der Waals surface area contributed by atoms with Gasteiger partial charge in [-0.05, 0) is 65.4 Å². The predicted octanol–water partition coefficient (Wildman–Crippen LogP) is 6.25. The van der Waals surface area contributed by atoms with Crippen LogP contribution in [0.5, 0.6) is 5.75 Å². The van der Waals surface area contributed by atoms with Gasteiger partial charge in [0.25, 0.3) is 17.1 Å². The van der Waals surface area contributed by atoms with Crippen molar-refractivity contribution in [3.63, 3.8) is 0 Å². The van der Waals surface area contributed by atoms with E-state index in [1.54, 1.807) is 60.7 Å². The van der Waals surface area contributed by atoms with Crippen LogP contribution in [0, 0.1) is 0 Å². The molecule has 0 aromatic heterocycles. The number of carbonyl (C=O) groups excluding carboxylic acids is 3. The number of ether oxygens (including phenoxy) is 1. The molecule has 0 atom stereocenters. The summed E-state index contributed by atoms with van der Waals surface area (Å²) in [5.41, 5.74) is 2.10. The molecule has 1 aliphatic heterocycles. The molecule has 0 saturated carbocycles. The molecule has 0 radical (unpaired) electrons. The maximum atomic E-state index is 12.8. The van der Waals surface area contributed by atoms with Crippen molar-refractivity contribution >= 4 is 63.8 Å². The number of benzene rings is 3. The number of hydrogen-bond acceptors (Lipinski definition) is 5. The molecule has 1 N–H and O–H groups in total. The van der Waals surface area contributed by atoms with E-state index >= 15 is 0 Å². The second kappa shape index (κ2) is 10.8. The summed E-state index contributed by atoms with van der Waals surface area (Å²) >= 11 is 13.1. The fourth-order valence-electron chi connectivity index (χ4n) is 3.15. The molecular weight excluding hydrogens is 495 g/mol. The summed E-state index contributed by atoms with van der Waals surface area (Å²) in [6.45, 7) is -0.0463. The molecule has 34 heavy (non-hydrogen) atoms. The molecule has 0 bridgehead atoms. The number of nitrogens with one attached hydrogen (secondary N) is 1. The van der Waals surface area contributed by atoms with Gasteiger partial charge in [0.15, 0.2) is 6.61 Å². The first-order valence-electron chi connectivity index (χ1n) is 10.2. The second-order valence-corrected chi connectivity index (χ2v) is 9.12. The molecular formula is C25H18Cl2N2O4S. The fourth-order valence-corrected chi connectivity index (χ4v) is 4.35. The van der Waals surface area contributed by atoms with E-state index in [1.807, 2.05) is 18.2 Å². The van der Waals surface area contributed by atoms with Gasteiger partial charge in [0.05, 0.1) is 16.5 Å². The van der Waals surface area contributed by atoms with E-state index < -0.39 is 0 Å². The lowest BCUT2D eigenvalue weighted by molar-refractivity contribution is -0.123. The Balaban J connectivity index is 1.38. The fraction of sp³-hybridized carbons (Fsp3) is 0.0800. The van der Waals surface area contributed by atoms with E-state index in [2.05, 4.69) is 5.32 Å². The Morgan fingerprint density at radius 1 is 1.00 bits per heavy atom. The average Bonchev–Trinajstić information content (AvgIpc) is 3.08. The SMILES string of the molecule is O=C(COc1ccc(/C=C2\SC(=O)N(Cc3ccc(Cl)cc3)C2=O)cc1Cl)Nc1ccccc1. The molecule has 9 heteroatoms. The van der Waals surface area contributed by atoms with Crippen LogP contribution in [-0.2, 0) is 16.1 Å². The minimum atomic E-state index is -0.376. The Labute approximate surface area is 210 Å². The molecule has 1 heterocycles. The summed E-state index contributed by atoms with van der Waals surface area (Å²) in [5, 5.41) is 3.24. The Morgan fingerprint density at radius 2 is 1.74 bits per heavy atom. The maximum absolute atomic E-state index is 12.8. The minimum Gasteiger partial charge on any atom is -0.482 e. The van der Waals surface area contributed by atoms with Crippen molar-refractivity contribution in [2.24, 2.45) is 0 Å². The van der Waals surface area contributed by atoms with Crippen LogP contribution < -0.4 is 10.1 Å². The van der Waals surface area contributed by atoms with Crippen LogP contribution in [0.1, 0.15) is 11.1 Å². The molecule has 1 fully saturated rings. The number of hydrogen-bond donors (Lipinski definition) is 1. The van der Waals surface area contributed by atoms with Crippen molar-refractivity contribution in [1.82, 2.24) is 4.90 Å². The van der Waals surface area contributed by atoms with Crippen LogP contribution in [-0.4, -0.2) is 28.6 Å². The van der Waals surface area contributed by atoms with E-state index in [0.717, 1.165) is 17.3 Å². The van der Waals surface area contributed by atoms with Gasteiger partial charge in [-0.1, -0.05) is 59.6 Å². The molecule has 1 saturated heterocycles. The van der Waals surface area contributed by atoms with Crippen molar-refractivity contribution in [3.8, 4) is 5.75 Å². The molecule has 172 valence electrons. The number of amides is 3. The highest BCUT2D eigenvalue weighted by molar-refractivity contribution is 8.18. The number of para-hydroxylation sites is 1. The number of imide groups is 1. The first-order valence-corrected chi connectivity index (χ1v) is 11.7. The number of nitrogens with zero attached hydrogens (tertiary/aromatic N) is 1. The van der Waals surface area contributed by atoms with Gasteiger partial charge >= 0.3 is 0 Å². The third-order valence-corrected chi connectivity index (χ3v) is 6.25. The largest absolute Gasteiger partial charge is 0.482 e. The number of thioether (sulfide) groups is 1. The van der Waals surface area contributed by atoms with Crippen LogP contribution in [0.15, 0.2) is 77.7 Å².